The molecule has 0 radical (unpaired) electrons. The van der Waals surface area contributed by atoms with Crippen molar-refractivity contribution >= 4 is 8.32 Å². The van der Waals surface area contributed by atoms with Crippen LogP contribution in [-0.4, -0.2) is 13.6 Å². The molecular formula is C14H10O4Zn. The molecule has 2 aromatic rings. The molecule has 92 valence electrons. The molecule has 0 N–H and O–H groups in total. The third kappa shape index (κ3) is 2.04. The molecule has 0 saturated heterocycles. The Kier molecular flexibility index (Phi) is 2.59. The molecule has 0 atom stereocenters. The van der Waals surface area contributed by atoms with Crippen LogP contribution in [0.5, 0.6) is 23.0 Å². The maximum absolute atomic E-state index is 5.41. The van der Waals surface area contributed by atoms with Crippen LogP contribution in [0.1, 0.15) is 0 Å². The van der Waals surface area contributed by atoms with E-state index in [4.69, 9.17) is 18.9 Å². The quantitative estimate of drug-likeness (QED) is 0.781. The van der Waals surface area contributed by atoms with E-state index in [2.05, 4.69) is 24.3 Å². The van der Waals surface area contributed by atoms with E-state index in [0.717, 1.165) is 23.0 Å². The first-order valence-electron chi connectivity index (χ1n) is 6.15. The topological polar surface area (TPSA) is 36.9 Å². The Bertz CT molecular complexity index is 586. The standard InChI is InChI=1S/2C7H5O2.Zn/c2*1-2-4-7-6(3-1)8-5-9-7;/h2*1,3-4H,5H2;. The number of fused-ring (bicyclic) bond motifs is 2. The van der Waals surface area contributed by atoms with Gasteiger partial charge in [-0.2, -0.15) is 0 Å². The Morgan fingerprint density at radius 3 is 1.63 bits per heavy atom. The van der Waals surface area contributed by atoms with E-state index in [-0.39, 0.29) is 0 Å². The molecule has 2 aromatic carbocycles. The monoisotopic (exact) mass is 306 g/mol. The van der Waals surface area contributed by atoms with E-state index in [1.165, 1.54) is 8.32 Å². The van der Waals surface area contributed by atoms with Gasteiger partial charge in [-0.25, -0.2) is 0 Å². The summed E-state index contributed by atoms with van der Waals surface area (Å²) in [6, 6.07) is 12.5. The molecule has 0 bridgehead atoms. The minimum atomic E-state index is -1.02. The van der Waals surface area contributed by atoms with Gasteiger partial charge in [0.1, 0.15) is 0 Å². The van der Waals surface area contributed by atoms with E-state index in [9.17, 15) is 0 Å². The van der Waals surface area contributed by atoms with Crippen molar-refractivity contribution in [1.82, 2.24) is 0 Å². The maximum atomic E-state index is 5.41. The molecule has 0 fully saturated rings. The summed E-state index contributed by atoms with van der Waals surface area (Å²) in [5.74, 6) is 3.42. The van der Waals surface area contributed by atoms with Gasteiger partial charge in [0.2, 0.25) is 0 Å². The Hall–Kier alpha value is -1.74. The van der Waals surface area contributed by atoms with Gasteiger partial charge in [0.05, 0.1) is 0 Å². The van der Waals surface area contributed by atoms with Crippen molar-refractivity contribution in [3.05, 3.63) is 36.4 Å². The van der Waals surface area contributed by atoms with Gasteiger partial charge < -0.3 is 0 Å². The van der Waals surface area contributed by atoms with Crippen LogP contribution in [-0.2, 0) is 17.1 Å². The number of hydrogen-bond donors (Lipinski definition) is 0. The SMILES string of the molecule is c1cc2c(c[c]1[Zn][c]1ccc3c(c1)OCO3)OCO2. The van der Waals surface area contributed by atoms with E-state index in [1.807, 2.05) is 12.1 Å². The predicted octanol–water partition coefficient (Wildman–Crippen LogP) is 1.18. The summed E-state index contributed by atoms with van der Waals surface area (Å²) in [6.45, 7) is 0.658. The molecular weight excluding hydrogens is 298 g/mol. The second-order valence-electron chi connectivity index (χ2n) is 4.55. The van der Waals surface area contributed by atoms with Gasteiger partial charge in [-0.3, -0.25) is 0 Å². The number of ether oxygens (including phenoxy) is 4. The summed E-state index contributed by atoms with van der Waals surface area (Å²) >= 11 is -1.02. The van der Waals surface area contributed by atoms with Crippen molar-refractivity contribution < 1.29 is 36.1 Å². The molecule has 0 aromatic heterocycles. The summed E-state index contributed by atoms with van der Waals surface area (Å²) in [7, 11) is 0. The molecule has 0 spiro atoms. The number of hydrogen-bond acceptors (Lipinski definition) is 4. The Balaban J connectivity index is 1.61. The van der Waals surface area contributed by atoms with Crippen LogP contribution in [0.2, 0.25) is 0 Å². The fraction of sp³-hybridized carbons (Fsp3) is 0.143. The normalized spacial score (nSPS) is 14.3. The van der Waals surface area contributed by atoms with Gasteiger partial charge in [0.25, 0.3) is 0 Å². The van der Waals surface area contributed by atoms with Crippen molar-refractivity contribution in [2.24, 2.45) is 0 Å². The first kappa shape index (κ1) is 11.1. The zero-order valence-electron chi connectivity index (χ0n) is 10.2. The molecule has 2 aliphatic heterocycles. The second-order valence-corrected chi connectivity index (χ2v) is 8.72. The zero-order chi connectivity index (χ0) is 12.7. The van der Waals surface area contributed by atoms with E-state index in [1.54, 1.807) is 0 Å². The van der Waals surface area contributed by atoms with Crippen molar-refractivity contribution in [2.45, 2.75) is 0 Å². The second kappa shape index (κ2) is 4.42. The van der Waals surface area contributed by atoms with Gasteiger partial charge in [0.15, 0.2) is 0 Å². The molecule has 0 saturated carbocycles. The molecule has 0 unspecified atom stereocenters. The van der Waals surface area contributed by atoms with Crippen molar-refractivity contribution in [2.75, 3.05) is 13.6 Å². The van der Waals surface area contributed by atoms with Crippen LogP contribution < -0.4 is 27.3 Å². The third-order valence-corrected chi connectivity index (χ3v) is 6.84. The summed E-state index contributed by atoms with van der Waals surface area (Å²) < 4.78 is 24.2. The van der Waals surface area contributed by atoms with Crippen LogP contribution in [0.3, 0.4) is 0 Å². The van der Waals surface area contributed by atoms with Gasteiger partial charge in [-0.15, -0.1) is 0 Å². The van der Waals surface area contributed by atoms with Crippen molar-refractivity contribution in [3.8, 4) is 23.0 Å². The molecule has 0 amide bonds. The van der Waals surface area contributed by atoms with Crippen molar-refractivity contribution in [1.29, 1.82) is 0 Å². The van der Waals surface area contributed by atoms with Crippen LogP contribution in [0.4, 0.5) is 0 Å². The van der Waals surface area contributed by atoms with Crippen molar-refractivity contribution in [3.63, 3.8) is 0 Å². The molecule has 2 heterocycles. The molecule has 4 nitrogen and oxygen atoms in total. The summed E-state index contributed by atoms with van der Waals surface area (Å²) in [4.78, 5) is 0. The average Bonchev–Trinajstić information content (AvgIpc) is 3.05. The minimum absolute atomic E-state index is 0.329. The zero-order valence-corrected chi connectivity index (χ0v) is 13.2. The molecule has 5 heteroatoms. The molecule has 0 aliphatic carbocycles. The molecule has 4 rings (SSSR count). The number of rotatable bonds is 2. The fourth-order valence-electron chi connectivity index (χ4n) is 2.34. The summed E-state index contributed by atoms with van der Waals surface area (Å²) in [5.41, 5.74) is 0. The van der Waals surface area contributed by atoms with Gasteiger partial charge in [-0.05, 0) is 0 Å². The first-order chi connectivity index (χ1) is 9.38. The Labute approximate surface area is 117 Å². The Morgan fingerprint density at radius 2 is 1.11 bits per heavy atom. The fourth-order valence-corrected chi connectivity index (χ4v) is 5.52. The van der Waals surface area contributed by atoms with Gasteiger partial charge in [0, 0.05) is 0 Å². The van der Waals surface area contributed by atoms with Crippen LogP contribution >= 0.6 is 0 Å². The third-order valence-electron chi connectivity index (χ3n) is 3.28. The van der Waals surface area contributed by atoms with Gasteiger partial charge >= 0.3 is 117 Å². The molecule has 19 heavy (non-hydrogen) atoms. The summed E-state index contributed by atoms with van der Waals surface area (Å²) in [6.07, 6.45) is 0. The van der Waals surface area contributed by atoms with E-state index >= 15 is 0 Å². The van der Waals surface area contributed by atoms with Crippen LogP contribution in [0.25, 0.3) is 0 Å². The summed E-state index contributed by atoms with van der Waals surface area (Å²) in [5, 5.41) is 0. The van der Waals surface area contributed by atoms with Crippen LogP contribution in [0, 0.1) is 0 Å². The predicted molar refractivity (Wildman–Crippen MR) is 64.4 cm³/mol. The Morgan fingerprint density at radius 1 is 0.632 bits per heavy atom. The van der Waals surface area contributed by atoms with E-state index < -0.39 is 17.1 Å². The van der Waals surface area contributed by atoms with E-state index in [0.29, 0.717) is 13.6 Å². The van der Waals surface area contributed by atoms with Gasteiger partial charge in [-0.1, -0.05) is 0 Å². The van der Waals surface area contributed by atoms with Crippen LogP contribution in [0.15, 0.2) is 36.4 Å². The first-order valence-corrected chi connectivity index (χ1v) is 9.12. The molecule has 2 aliphatic rings. The average molecular weight is 308 g/mol. The number of benzene rings is 2.